The second kappa shape index (κ2) is 4.47. The lowest BCUT2D eigenvalue weighted by Gasteiger charge is -2.15. The first-order chi connectivity index (χ1) is 7.72. The number of hydrogen-bond acceptors (Lipinski definition) is 2. The maximum absolute atomic E-state index is 11.6. The molecule has 0 radical (unpaired) electrons. The molecule has 0 spiro atoms. The topological polar surface area (TPSA) is 46.2 Å². The van der Waals surface area contributed by atoms with E-state index in [9.17, 15) is 9.59 Å². The number of rotatable bonds is 2. The second-order valence-corrected chi connectivity index (χ2v) is 4.10. The van der Waals surface area contributed by atoms with Gasteiger partial charge in [-0.2, -0.15) is 0 Å². The molecule has 2 rings (SSSR count). The van der Waals surface area contributed by atoms with Crippen LogP contribution in [0.5, 0.6) is 0 Å². The smallest absolute Gasteiger partial charge is 0.292 e. The summed E-state index contributed by atoms with van der Waals surface area (Å²) in [5.41, 5.74) is 3.04. The van der Waals surface area contributed by atoms with Crippen LogP contribution in [0.15, 0.2) is 18.2 Å². The van der Waals surface area contributed by atoms with Crippen molar-refractivity contribution in [3.8, 4) is 0 Å². The summed E-state index contributed by atoms with van der Waals surface area (Å²) in [4.78, 5) is 22.9. The first kappa shape index (κ1) is 10.9. The van der Waals surface area contributed by atoms with Crippen LogP contribution < -0.4 is 5.32 Å². The second-order valence-electron chi connectivity index (χ2n) is 4.10. The van der Waals surface area contributed by atoms with Crippen LogP contribution in [0.25, 0.3) is 0 Å². The third-order valence-corrected chi connectivity index (χ3v) is 3.04. The van der Waals surface area contributed by atoms with Gasteiger partial charge in [-0.05, 0) is 42.9 Å². The van der Waals surface area contributed by atoms with Gasteiger partial charge in [0.1, 0.15) is 0 Å². The first-order valence-corrected chi connectivity index (χ1v) is 5.60. The first-order valence-electron chi connectivity index (χ1n) is 5.60. The van der Waals surface area contributed by atoms with Gasteiger partial charge in [0.2, 0.25) is 5.78 Å². The molecule has 3 nitrogen and oxygen atoms in total. The van der Waals surface area contributed by atoms with Crippen LogP contribution in [0.1, 0.15) is 34.3 Å². The number of hydrogen-bond donors (Lipinski definition) is 1. The fourth-order valence-corrected chi connectivity index (χ4v) is 2.12. The molecule has 0 fully saturated rings. The third kappa shape index (κ3) is 1.98. The van der Waals surface area contributed by atoms with Crippen molar-refractivity contribution in [3.63, 3.8) is 0 Å². The molecule has 0 atom stereocenters. The van der Waals surface area contributed by atoms with Crippen LogP contribution in [-0.4, -0.2) is 18.7 Å². The molecular weight excluding hydrogens is 202 g/mol. The number of amides is 1. The van der Waals surface area contributed by atoms with Gasteiger partial charge in [-0.3, -0.25) is 9.59 Å². The summed E-state index contributed by atoms with van der Waals surface area (Å²) in [6.07, 6.45) is 4.49. The third-order valence-electron chi connectivity index (χ3n) is 3.04. The Labute approximate surface area is 94.9 Å². The number of nitrogens with one attached hydrogen (secondary N) is 1. The van der Waals surface area contributed by atoms with Crippen molar-refractivity contribution in [1.82, 2.24) is 5.32 Å². The Bertz CT molecular complexity index is 438. The Balaban J connectivity index is 2.30. The van der Waals surface area contributed by atoms with E-state index in [4.69, 9.17) is 0 Å². The molecule has 0 bridgehead atoms. The molecule has 84 valence electrons. The monoisotopic (exact) mass is 217 g/mol. The van der Waals surface area contributed by atoms with E-state index in [-0.39, 0.29) is 0 Å². The lowest BCUT2D eigenvalue weighted by atomic mass is 9.90. The molecule has 0 aliphatic heterocycles. The molecule has 1 aliphatic carbocycles. The molecular formula is C13H15NO2. The van der Waals surface area contributed by atoms with Crippen molar-refractivity contribution in [2.24, 2.45) is 0 Å². The van der Waals surface area contributed by atoms with E-state index in [0.717, 1.165) is 12.8 Å². The average molecular weight is 217 g/mol. The van der Waals surface area contributed by atoms with Crippen molar-refractivity contribution >= 4 is 11.7 Å². The zero-order valence-electron chi connectivity index (χ0n) is 9.38. The van der Waals surface area contributed by atoms with Crippen LogP contribution in [0.2, 0.25) is 0 Å². The fourth-order valence-electron chi connectivity index (χ4n) is 2.12. The van der Waals surface area contributed by atoms with Gasteiger partial charge in [0.05, 0.1) is 0 Å². The summed E-state index contributed by atoms with van der Waals surface area (Å²) in [5, 5.41) is 2.35. The highest BCUT2D eigenvalue weighted by Gasteiger charge is 2.17. The summed E-state index contributed by atoms with van der Waals surface area (Å²) in [6.45, 7) is 0. The highest BCUT2D eigenvalue weighted by Crippen LogP contribution is 2.22. The Morgan fingerprint density at radius 2 is 1.81 bits per heavy atom. The lowest BCUT2D eigenvalue weighted by molar-refractivity contribution is -0.116. The van der Waals surface area contributed by atoms with Crippen molar-refractivity contribution in [3.05, 3.63) is 34.9 Å². The molecule has 0 aromatic heterocycles. The zero-order chi connectivity index (χ0) is 11.5. The van der Waals surface area contributed by atoms with Crippen molar-refractivity contribution < 1.29 is 9.59 Å². The predicted octanol–water partition coefficient (Wildman–Crippen LogP) is 1.49. The maximum Gasteiger partial charge on any atom is 0.292 e. The minimum atomic E-state index is -0.546. The molecule has 0 unspecified atom stereocenters. The standard InChI is InChI=1S/C13H15NO2/c1-14-13(16)12(15)11-7-6-9-4-2-3-5-10(9)8-11/h6-8H,2-5H2,1H3,(H,14,16). The Hall–Kier alpha value is -1.64. The van der Waals surface area contributed by atoms with Gasteiger partial charge < -0.3 is 5.32 Å². The van der Waals surface area contributed by atoms with E-state index in [1.807, 2.05) is 12.1 Å². The van der Waals surface area contributed by atoms with Crippen LogP contribution >= 0.6 is 0 Å². The van der Waals surface area contributed by atoms with Crippen LogP contribution in [0.3, 0.4) is 0 Å². The van der Waals surface area contributed by atoms with Crippen molar-refractivity contribution in [2.45, 2.75) is 25.7 Å². The summed E-state index contributed by atoms with van der Waals surface area (Å²) < 4.78 is 0. The van der Waals surface area contributed by atoms with Crippen molar-refractivity contribution in [1.29, 1.82) is 0 Å². The molecule has 0 heterocycles. The molecule has 1 aliphatic rings. The van der Waals surface area contributed by atoms with E-state index in [2.05, 4.69) is 5.32 Å². The molecule has 1 aromatic carbocycles. The molecule has 1 N–H and O–H groups in total. The molecule has 1 aromatic rings. The fraction of sp³-hybridized carbons (Fsp3) is 0.385. The highest BCUT2D eigenvalue weighted by atomic mass is 16.2. The van der Waals surface area contributed by atoms with Gasteiger partial charge in [0.25, 0.3) is 5.91 Å². The number of benzene rings is 1. The normalized spacial score (nSPS) is 14.1. The number of Topliss-reactive ketones (excluding diaryl/α,β-unsaturated/α-hetero) is 1. The molecule has 0 saturated heterocycles. The van der Waals surface area contributed by atoms with Gasteiger partial charge in [-0.15, -0.1) is 0 Å². The van der Waals surface area contributed by atoms with Gasteiger partial charge >= 0.3 is 0 Å². The van der Waals surface area contributed by atoms with Gasteiger partial charge in [0, 0.05) is 12.6 Å². The minimum absolute atomic E-state index is 0.448. The van der Waals surface area contributed by atoms with Gasteiger partial charge in [-0.1, -0.05) is 12.1 Å². The Kier molecular flexibility index (Phi) is 3.04. The van der Waals surface area contributed by atoms with E-state index in [1.54, 1.807) is 6.07 Å². The summed E-state index contributed by atoms with van der Waals surface area (Å²) >= 11 is 0. The quantitative estimate of drug-likeness (QED) is 0.602. The van der Waals surface area contributed by atoms with E-state index >= 15 is 0 Å². The Morgan fingerprint density at radius 1 is 1.12 bits per heavy atom. The summed E-state index contributed by atoms with van der Waals surface area (Å²) in [5.74, 6) is -0.994. The summed E-state index contributed by atoms with van der Waals surface area (Å²) in [6, 6.07) is 5.60. The number of aryl methyl sites for hydroxylation is 2. The average Bonchev–Trinajstić information content (AvgIpc) is 2.36. The Morgan fingerprint density at radius 3 is 2.50 bits per heavy atom. The predicted molar refractivity (Wildman–Crippen MR) is 61.5 cm³/mol. The highest BCUT2D eigenvalue weighted by molar-refractivity contribution is 6.42. The molecule has 16 heavy (non-hydrogen) atoms. The van der Waals surface area contributed by atoms with Crippen LogP contribution in [-0.2, 0) is 17.6 Å². The SMILES string of the molecule is CNC(=O)C(=O)c1ccc2c(c1)CCCC2. The minimum Gasteiger partial charge on any atom is -0.352 e. The number of ketones is 1. The maximum atomic E-state index is 11.6. The van der Waals surface area contributed by atoms with Crippen LogP contribution in [0, 0.1) is 0 Å². The number of carbonyl (C=O) groups excluding carboxylic acids is 2. The largest absolute Gasteiger partial charge is 0.352 e. The number of fused-ring (bicyclic) bond motifs is 1. The van der Waals surface area contributed by atoms with E-state index in [0.29, 0.717) is 5.56 Å². The van der Waals surface area contributed by atoms with Gasteiger partial charge in [-0.25, -0.2) is 0 Å². The molecule has 1 amide bonds. The molecule has 3 heteroatoms. The number of carbonyl (C=O) groups is 2. The molecule has 0 saturated carbocycles. The van der Waals surface area contributed by atoms with E-state index in [1.165, 1.54) is 31.0 Å². The zero-order valence-corrected chi connectivity index (χ0v) is 9.38. The van der Waals surface area contributed by atoms with Crippen LogP contribution in [0.4, 0.5) is 0 Å². The number of likely N-dealkylation sites (N-methyl/N-ethyl adjacent to an activating group) is 1. The summed E-state index contributed by atoms with van der Waals surface area (Å²) in [7, 11) is 1.47. The lowest BCUT2D eigenvalue weighted by Crippen LogP contribution is -2.27. The van der Waals surface area contributed by atoms with E-state index < -0.39 is 11.7 Å². The van der Waals surface area contributed by atoms with Gasteiger partial charge in [0.15, 0.2) is 0 Å². The van der Waals surface area contributed by atoms with Crippen molar-refractivity contribution in [2.75, 3.05) is 7.05 Å².